The van der Waals surface area contributed by atoms with Gasteiger partial charge in [0, 0.05) is 47.4 Å². The highest BCUT2D eigenvalue weighted by molar-refractivity contribution is 7.99. The molecule has 0 aliphatic carbocycles. The fourth-order valence-electron chi connectivity index (χ4n) is 4.12. The second-order valence-electron chi connectivity index (χ2n) is 8.21. The van der Waals surface area contributed by atoms with Gasteiger partial charge in [-0.3, -0.25) is 9.36 Å². The number of aromatic amines is 1. The van der Waals surface area contributed by atoms with Crippen LogP contribution in [0.1, 0.15) is 36.6 Å². The lowest BCUT2D eigenvalue weighted by Crippen LogP contribution is -2.36. The van der Waals surface area contributed by atoms with Crippen LogP contribution in [0.15, 0.2) is 60.0 Å². The number of fused-ring (bicyclic) bond motifs is 3. The minimum Gasteiger partial charge on any atom is -0.358 e. The molecule has 158 valence electrons. The number of benzene rings is 2. The smallest absolute Gasteiger partial charge is 0.233 e. The van der Waals surface area contributed by atoms with E-state index in [1.165, 1.54) is 34.0 Å². The molecule has 0 radical (unpaired) electrons. The lowest BCUT2D eigenvalue weighted by atomic mass is 10.0. The highest BCUT2D eigenvalue weighted by Crippen LogP contribution is 2.28. The van der Waals surface area contributed by atoms with Crippen molar-refractivity contribution in [1.29, 1.82) is 0 Å². The van der Waals surface area contributed by atoms with Crippen LogP contribution < -0.4 is 0 Å². The van der Waals surface area contributed by atoms with E-state index in [0.717, 1.165) is 29.3 Å². The van der Waals surface area contributed by atoms with Crippen molar-refractivity contribution in [2.24, 2.45) is 0 Å². The molecule has 3 heterocycles. The van der Waals surface area contributed by atoms with E-state index in [1.807, 2.05) is 21.6 Å². The van der Waals surface area contributed by atoms with Crippen molar-refractivity contribution >= 4 is 28.6 Å². The number of carbonyl (C=O) groups excluding carboxylic acids is 1. The highest BCUT2D eigenvalue weighted by Gasteiger charge is 2.24. The maximum absolute atomic E-state index is 13.0. The summed E-state index contributed by atoms with van der Waals surface area (Å²) in [5, 5.41) is 10.2. The normalized spacial score (nSPS) is 13.7. The summed E-state index contributed by atoms with van der Waals surface area (Å²) in [5.41, 5.74) is 5.94. The maximum Gasteiger partial charge on any atom is 0.233 e. The topological polar surface area (TPSA) is 66.8 Å². The van der Waals surface area contributed by atoms with Gasteiger partial charge in [0.1, 0.15) is 6.33 Å². The fourth-order valence-corrected chi connectivity index (χ4v) is 4.95. The molecule has 0 saturated carbocycles. The molecule has 1 amide bonds. The lowest BCUT2D eigenvalue weighted by Gasteiger charge is -2.27. The number of hydrogen-bond donors (Lipinski definition) is 1. The van der Waals surface area contributed by atoms with Crippen LogP contribution in [0.5, 0.6) is 0 Å². The van der Waals surface area contributed by atoms with Gasteiger partial charge in [-0.2, -0.15) is 0 Å². The van der Waals surface area contributed by atoms with Gasteiger partial charge >= 0.3 is 0 Å². The van der Waals surface area contributed by atoms with Crippen LogP contribution in [-0.2, 0) is 17.8 Å². The Balaban J connectivity index is 1.27. The summed E-state index contributed by atoms with van der Waals surface area (Å²) in [4.78, 5) is 18.4. The van der Waals surface area contributed by atoms with Crippen molar-refractivity contribution in [3.8, 4) is 5.69 Å². The number of aromatic nitrogens is 4. The SMILES string of the molecule is CC(C)c1ccc(-n2cnnc2SCC(=O)N2CCc3[nH]c4ccccc4c3C2)cc1. The number of nitrogens with one attached hydrogen (secondary N) is 1. The molecule has 0 fully saturated rings. The Kier molecular flexibility index (Phi) is 5.28. The maximum atomic E-state index is 13.0. The van der Waals surface area contributed by atoms with E-state index >= 15 is 0 Å². The first-order valence-corrected chi connectivity index (χ1v) is 11.6. The molecule has 1 aliphatic rings. The van der Waals surface area contributed by atoms with Gasteiger partial charge in [-0.1, -0.05) is 55.9 Å². The molecular weight excluding hydrogens is 406 g/mol. The number of thioether (sulfide) groups is 1. The largest absolute Gasteiger partial charge is 0.358 e. The number of amides is 1. The Morgan fingerprint density at radius 1 is 1.16 bits per heavy atom. The standard InChI is InChI=1S/C24H25N5OS/c1-16(2)17-7-9-18(10-8-17)29-15-25-27-24(29)31-14-23(30)28-12-11-22-20(13-28)19-5-3-4-6-21(19)26-22/h3-10,15-16,26H,11-14H2,1-2H3. The monoisotopic (exact) mass is 431 g/mol. The predicted octanol–water partition coefficient (Wildman–Crippen LogP) is 4.55. The number of H-pyrrole nitrogens is 1. The average molecular weight is 432 g/mol. The Hall–Kier alpha value is -3.06. The first-order chi connectivity index (χ1) is 15.1. The van der Waals surface area contributed by atoms with Crippen molar-refractivity contribution < 1.29 is 4.79 Å². The number of hydrogen-bond acceptors (Lipinski definition) is 4. The molecule has 1 aliphatic heterocycles. The molecule has 31 heavy (non-hydrogen) atoms. The van der Waals surface area contributed by atoms with Crippen LogP contribution >= 0.6 is 11.8 Å². The van der Waals surface area contributed by atoms with Crippen LogP contribution in [0.3, 0.4) is 0 Å². The first-order valence-electron chi connectivity index (χ1n) is 10.6. The van der Waals surface area contributed by atoms with Gasteiger partial charge < -0.3 is 9.88 Å². The van der Waals surface area contributed by atoms with E-state index in [2.05, 4.69) is 65.4 Å². The average Bonchev–Trinajstić information content (AvgIpc) is 3.41. The highest BCUT2D eigenvalue weighted by atomic mass is 32.2. The molecular formula is C24H25N5OS. The Morgan fingerprint density at radius 3 is 2.77 bits per heavy atom. The number of nitrogens with zero attached hydrogens (tertiary/aromatic N) is 4. The molecule has 5 rings (SSSR count). The zero-order valence-corrected chi connectivity index (χ0v) is 18.5. The molecule has 0 spiro atoms. The third-order valence-electron chi connectivity index (χ3n) is 5.91. The summed E-state index contributed by atoms with van der Waals surface area (Å²) >= 11 is 1.44. The lowest BCUT2D eigenvalue weighted by molar-refractivity contribution is -0.129. The molecule has 6 nitrogen and oxygen atoms in total. The predicted molar refractivity (Wildman–Crippen MR) is 124 cm³/mol. The third-order valence-corrected chi connectivity index (χ3v) is 6.84. The molecule has 7 heteroatoms. The Labute approximate surface area is 185 Å². The van der Waals surface area contributed by atoms with E-state index in [9.17, 15) is 4.79 Å². The molecule has 2 aromatic heterocycles. The van der Waals surface area contributed by atoms with Crippen LogP contribution in [0.25, 0.3) is 16.6 Å². The summed E-state index contributed by atoms with van der Waals surface area (Å²) in [7, 11) is 0. The van der Waals surface area contributed by atoms with Crippen LogP contribution in [-0.4, -0.2) is 42.9 Å². The van der Waals surface area contributed by atoms with E-state index < -0.39 is 0 Å². The molecule has 2 aromatic carbocycles. The summed E-state index contributed by atoms with van der Waals surface area (Å²) in [6.07, 6.45) is 2.56. The van der Waals surface area contributed by atoms with Crippen LogP contribution in [0.2, 0.25) is 0 Å². The fraction of sp³-hybridized carbons (Fsp3) is 0.292. The van der Waals surface area contributed by atoms with E-state index in [0.29, 0.717) is 18.2 Å². The summed E-state index contributed by atoms with van der Waals surface area (Å²) in [6, 6.07) is 16.7. The molecule has 0 saturated heterocycles. The van der Waals surface area contributed by atoms with Gasteiger partial charge in [0.2, 0.25) is 5.91 Å². The second-order valence-corrected chi connectivity index (χ2v) is 9.15. The third kappa shape index (κ3) is 3.85. The molecule has 0 atom stereocenters. The van der Waals surface area contributed by atoms with Gasteiger partial charge in [-0.25, -0.2) is 0 Å². The van der Waals surface area contributed by atoms with Crippen molar-refractivity contribution in [1.82, 2.24) is 24.6 Å². The summed E-state index contributed by atoms with van der Waals surface area (Å²) < 4.78 is 1.94. The summed E-state index contributed by atoms with van der Waals surface area (Å²) in [5.74, 6) is 0.967. The van der Waals surface area contributed by atoms with Crippen molar-refractivity contribution in [3.63, 3.8) is 0 Å². The van der Waals surface area contributed by atoms with Gasteiger partial charge in [0.15, 0.2) is 5.16 Å². The number of rotatable bonds is 5. The van der Waals surface area contributed by atoms with Gasteiger partial charge in [-0.05, 0) is 29.7 Å². The van der Waals surface area contributed by atoms with Crippen LogP contribution in [0, 0.1) is 0 Å². The van der Waals surface area contributed by atoms with E-state index in [1.54, 1.807) is 6.33 Å². The minimum atomic E-state index is 0.130. The zero-order valence-electron chi connectivity index (χ0n) is 17.7. The number of para-hydroxylation sites is 1. The van der Waals surface area contributed by atoms with Gasteiger partial charge in [0.05, 0.1) is 5.75 Å². The Bertz CT molecular complexity index is 1220. The Morgan fingerprint density at radius 2 is 1.97 bits per heavy atom. The second kappa shape index (κ2) is 8.23. The minimum absolute atomic E-state index is 0.130. The van der Waals surface area contributed by atoms with Crippen LogP contribution in [0.4, 0.5) is 0 Å². The quantitative estimate of drug-likeness (QED) is 0.471. The van der Waals surface area contributed by atoms with Crippen molar-refractivity contribution in [3.05, 3.63) is 71.7 Å². The van der Waals surface area contributed by atoms with Crippen molar-refractivity contribution in [2.75, 3.05) is 12.3 Å². The first kappa shape index (κ1) is 19.9. The van der Waals surface area contributed by atoms with Crippen molar-refractivity contribution in [2.45, 2.75) is 37.9 Å². The zero-order chi connectivity index (χ0) is 21.4. The van der Waals surface area contributed by atoms with E-state index in [-0.39, 0.29) is 5.91 Å². The van der Waals surface area contributed by atoms with Gasteiger partial charge in [-0.15, -0.1) is 10.2 Å². The molecule has 0 unspecified atom stereocenters. The number of carbonyl (C=O) groups is 1. The van der Waals surface area contributed by atoms with Gasteiger partial charge in [0.25, 0.3) is 0 Å². The molecule has 0 bridgehead atoms. The summed E-state index contributed by atoms with van der Waals surface area (Å²) in [6.45, 7) is 5.76. The van der Waals surface area contributed by atoms with E-state index in [4.69, 9.17) is 0 Å². The molecule has 1 N–H and O–H groups in total. The molecule has 4 aromatic rings.